The van der Waals surface area contributed by atoms with Gasteiger partial charge in [0.2, 0.25) is 0 Å². The van der Waals surface area contributed by atoms with Gasteiger partial charge in [-0.2, -0.15) is 5.26 Å². The first-order valence-electron chi connectivity index (χ1n) is 7.52. The second kappa shape index (κ2) is 7.04. The lowest BCUT2D eigenvalue weighted by molar-refractivity contribution is 0.303. The molecule has 1 aromatic carbocycles. The number of benzene rings is 1. The first kappa shape index (κ1) is 15.3. The van der Waals surface area contributed by atoms with E-state index >= 15 is 0 Å². The van der Waals surface area contributed by atoms with E-state index in [0.29, 0.717) is 5.92 Å². The van der Waals surface area contributed by atoms with Gasteiger partial charge in [0.25, 0.3) is 0 Å². The molecule has 0 N–H and O–H groups in total. The van der Waals surface area contributed by atoms with Crippen LogP contribution in [0.1, 0.15) is 44.6 Å². The zero-order valence-electron chi connectivity index (χ0n) is 12.3. The zero-order chi connectivity index (χ0) is 14.5. The maximum atomic E-state index is 12.8. The minimum absolute atomic E-state index is 0.00657. The normalized spacial score (nSPS) is 27.8. The fraction of sp³-hybridized carbons (Fsp3) is 0.588. The third-order valence-corrected chi connectivity index (χ3v) is 6.05. The van der Waals surface area contributed by atoms with Crippen molar-refractivity contribution >= 4 is 10.8 Å². The Balaban J connectivity index is 2.18. The van der Waals surface area contributed by atoms with Crippen molar-refractivity contribution in [1.29, 1.82) is 5.26 Å². The van der Waals surface area contributed by atoms with Gasteiger partial charge in [-0.25, -0.2) is 0 Å². The summed E-state index contributed by atoms with van der Waals surface area (Å²) in [6.07, 6.45) is 5.33. The minimum Gasteiger partial charge on any atom is -0.254 e. The molecule has 4 atom stereocenters. The van der Waals surface area contributed by atoms with E-state index in [2.05, 4.69) is 13.0 Å². The standard InChI is InChI=1S/C17H23NOS/c1-3-5-14-8-9-15(12-18)17(11-14)20(19)16-7-4-6-13(2)10-16/h4,6-7,10,14-15,17H,3,5,8-9,11H2,1-2H3. The van der Waals surface area contributed by atoms with Crippen molar-refractivity contribution in [3.63, 3.8) is 0 Å². The SMILES string of the molecule is CCCC1CCC(C#N)C(S(=O)c2cccc(C)c2)C1. The van der Waals surface area contributed by atoms with Gasteiger partial charge in [0, 0.05) is 4.90 Å². The second-order valence-corrected chi connectivity index (χ2v) is 7.53. The van der Waals surface area contributed by atoms with Crippen molar-refractivity contribution in [1.82, 2.24) is 0 Å². The summed E-state index contributed by atoms with van der Waals surface area (Å²) < 4.78 is 12.8. The van der Waals surface area contributed by atoms with Crippen molar-refractivity contribution < 1.29 is 4.21 Å². The van der Waals surface area contributed by atoms with Gasteiger partial charge in [0.1, 0.15) is 0 Å². The summed E-state index contributed by atoms with van der Waals surface area (Å²) in [5, 5.41) is 9.35. The molecule has 3 heteroatoms. The monoisotopic (exact) mass is 289 g/mol. The number of nitriles is 1. The van der Waals surface area contributed by atoms with Crippen LogP contribution in [0, 0.1) is 30.1 Å². The van der Waals surface area contributed by atoms with E-state index in [0.717, 1.165) is 29.7 Å². The van der Waals surface area contributed by atoms with E-state index in [9.17, 15) is 9.47 Å². The molecule has 1 saturated carbocycles. The van der Waals surface area contributed by atoms with Gasteiger partial charge in [-0.3, -0.25) is 4.21 Å². The fourth-order valence-electron chi connectivity index (χ4n) is 3.18. The lowest BCUT2D eigenvalue weighted by atomic mass is 9.80. The lowest BCUT2D eigenvalue weighted by Crippen LogP contribution is -2.32. The Morgan fingerprint density at radius 1 is 1.40 bits per heavy atom. The molecule has 1 aliphatic carbocycles. The van der Waals surface area contributed by atoms with Gasteiger partial charge in [-0.05, 0) is 49.8 Å². The van der Waals surface area contributed by atoms with Crippen LogP contribution in [0.2, 0.25) is 0 Å². The molecule has 0 spiro atoms. The number of hydrogen-bond donors (Lipinski definition) is 0. The number of hydrogen-bond acceptors (Lipinski definition) is 2. The minimum atomic E-state index is -1.06. The van der Waals surface area contributed by atoms with Crippen LogP contribution in [-0.2, 0) is 10.8 Å². The zero-order valence-corrected chi connectivity index (χ0v) is 13.2. The Morgan fingerprint density at radius 3 is 2.85 bits per heavy atom. The van der Waals surface area contributed by atoms with E-state index in [4.69, 9.17) is 0 Å². The molecule has 0 amide bonds. The highest BCUT2D eigenvalue weighted by Crippen LogP contribution is 2.36. The summed E-state index contributed by atoms with van der Waals surface area (Å²) >= 11 is 0. The van der Waals surface area contributed by atoms with Gasteiger partial charge in [-0.1, -0.05) is 31.9 Å². The molecule has 0 aliphatic heterocycles. The summed E-state index contributed by atoms with van der Waals surface area (Å²) in [6, 6.07) is 10.3. The van der Waals surface area contributed by atoms with Crippen molar-refractivity contribution in [3.8, 4) is 6.07 Å². The predicted octanol–water partition coefficient (Wildman–Crippen LogP) is 4.21. The Hall–Kier alpha value is -1.14. The van der Waals surface area contributed by atoms with Crippen LogP contribution in [0.3, 0.4) is 0 Å². The highest BCUT2D eigenvalue weighted by atomic mass is 32.2. The molecule has 108 valence electrons. The molecular weight excluding hydrogens is 266 g/mol. The number of rotatable bonds is 4. The molecule has 4 unspecified atom stereocenters. The summed E-state index contributed by atoms with van der Waals surface area (Å²) in [4.78, 5) is 0.882. The molecule has 0 saturated heterocycles. The van der Waals surface area contributed by atoms with Crippen LogP contribution < -0.4 is 0 Å². The molecule has 2 nitrogen and oxygen atoms in total. The van der Waals surface area contributed by atoms with Crippen molar-refractivity contribution in [2.24, 2.45) is 11.8 Å². The van der Waals surface area contributed by atoms with Crippen LogP contribution in [0.4, 0.5) is 0 Å². The molecule has 0 aromatic heterocycles. The average molecular weight is 289 g/mol. The average Bonchev–Trinajstić information content (AvgIpc) is 2.47. The molecular formula is C17H23NOS. The van der Waals surface area contributed by atoms with E-state index in [1.54, 1.807) is 0 Å². The van der Waals surface area contributed by atoms with Crippen molar-refractivity contribution in [2.75, 3.05) is 0 Å². The first-order valence-corrected chi connectivity index (χ1v) is 8.73. The first-order chi connectivity index (χ1) is 9.65. The van der Waals surface area contributed by atoms with Crippen LogP contribution in [0.5, 0.6) is 0 Å². The van der Waals surface area contributed by atoms with E-state index < -0.39 is 10.8 Å². The Labute approximate surface area is 124 Å². The number of aryl methyl sites for hydroxylation is 1. The van der Waals surface area contributed by atoms with E-state index in [1.165, 1.54) is 12.8 Å². The van der Waals surface area contributed by atoms with E-state index in [1.807, 2.05) is 31.2 Å². The quantitative estimate of drug-likeness (QED) is 0.833. The Morgan fingerprint density at radius 2 is 2.20 bits per heavy atom. The van der Waals surface area contributed by atoms with Gasteiger partial charge >= 0.3 is 0 Å². The summed E-state index contributed by atoms with van der Waals surface area (Å²) in [5.41, 5.74) is 1.13. The maximum absolute atomic E-state index is 12.8. The van der Waals surface area contributed by atoms with Crippen LogP contribution >= 0.6 is 0 Å². The molecule has 1 fully saturated rings. The lowest BCUT2D eigenvalue weighted by Gasteiger charge is -2.32. The highest BCUT2D eigenvalue weighted by molar-refractivity contribution is 7.85. The van der Waals surface area contributed by atoms with Gasteiger partial charge < -0.3 is 0 Å². The molecule has 0 bridgehead atoms. The Bertz CT molecular complexity index is 520. The number of nitrogens with zero attached hydrogens (tertiary/aromatic N) is 1. The molecule has 1 aromatic rings. The van der Waals surface area contributed by atoms with Gasteiger partial charge in [-0.15, -0.1) is 0 Å². The second-order valence-electron chi connectivity index (χ2n) is 5.86. The van der Waals surface area contributed by atoms with Crippen LogP contribution in [0.25, 0.3) is 0 Å². The van der Waals surface area contributed by atoms with Crippen LogP contribution in [-0.4, -0.2) is 9.46 Å². The third-order valence-electron chi connectivity index (χ3n) is 4.26. The molecule has 0 heterocycles. The summed E-state index contributed by atoms with van der Waals surface area (Å²) in [6.45, 7) is 4.21. The largest absolute Gasteiger partial charge is 0.254 e. The third kappa shape index (κ3) is 3.49. The van der Waals surface area contributed by atoms with Crippen LogP contribution in [0.15, 0.2) is 29.2 Å². The smallest absolute Gasteiger partial charge is 0.0668 e. The van der Waals surface area contributed by atoms with Gasteiger partial charge in [0.05, 0.1) is 28.0 Å². The molecule has 20 heavy (non-hydrogen) atoms. The van der Waals surface area contributed by atoms with Crippen molar-refractivity contribution in [3.05, 3.63) is 29.8 Å². The highest BCUT2D eigenvalue weighted by Gasteiger charge is 2.34. The predicted molar refractivity (Wildman–Crippen MR) is 82.7 cm³/mol. The maximum Gasteiger partial charge on any atom is 0.0668 e. The Kier molecular flexibility index (Phi) is 5.37. The molecule has 0 radical (unpaired) electrons. The molecule has 2 rings (SSSR count). The molecule has 1 aliphatic rings. The summed E-state index contributed by atoms with van der Waals surface area (Å²) in [5.74, 6) is 0.591. The topological polar surface area (TPSA) is 40.9 Å². The fourth-order valence-corrected chi connectivity index (χ4v) is 4.99. The van der Waals surface area contributed by atoms with Gasteiger partial charge in [0.15, 0.2) is 0 Å². The van der Waals surface area contributed by atoms with Crippen molar-refractivity contribution in [2.45, 2.75) is 56.1 Å². The summed E-state index contributed by atoms with van der Waals surface area (Å²) in [7, 11) is -1.06. The van der Waals surface area contributed by atoms with E-state index in [-0.39, 0.29) is 11.2 Å².